The van der Waals surface area contributed by atoms with E-state index in [1.54, 1.807) is 12.1 Å². The number of halogens is 1. The zero-order chi connectivity index (χ0) is 16.5. The lowest BCUT2D eigenvalue weighted by Gasteiger charge is -2.30. The minimum atomic E-state index is -0.0304. The second kappa shape index (κ2) is 7.23. The first-order chi connectivity index (χ1) is 11.7. The first kappa shape index (κ1) is 17.4. The Morgan fingerprint density at radius 2 is 1.84 bits per heavy atom. The molecule has 6 heteroatoms. The van der Waals surface area contributed by atoms with E-state index in [0.29, 0.717) is 36.8 Å². The highest BCUT2D eigenvalue weighted by Crippen LogP contribution is 2.34. The van der Waals surface area contributed by atoms with Gasteiger partial charge in [0, 0.05) is 29.9 Å². The fourth-order valence-electron chi connectivity index (χ4n) is 3.31. The quantitative estimate of drug-likeness (QED) is 0.791. The molecule has 5 nitrogen and oxygen atoms in total. The Hall–Kier alpha value is -2.40. The molecule has 0 atom stereocenters. The van der Waals surface area contributed by atoms with Crippen molar-refractivity contribution in [2.24, 2.45) is 0 Å². The molecule has 2 heterocycles. The van der Waals surface area contributed by atoms with E-state index in [2.05, 4.69) is 0 Å². The van der Waals surface area contributed by atoms with Crippen LogP contribution in [0, 0.1) is 0 Å². The Balaban J connectivity index is 0.00000182. The minimum Gasteiger partial charge on any atom is -0.490 e. The number of carbonyl (C=O) groups is 1. The Bertz CT molecular complexity index is 794. The summed E-state index contributed by atoms with van der Waals surface area (Å²) in [6.07, 6.45) is 2.67. The van der Waals surface area contributed by atoms with Crippen LogP contribution < -0.4 is 20.1 Å². The number of fused-ring (bicyclic) bond motifs is 2. The van der Waals surface area contributed by atoms with Crippen molar-refractivity contribution >= 4 is 29.7 Å². The van der Waals surface area contributed by atoms with E-state index in [1.165, 1.54) is 0 Å². The Morgan fingerprint density at radius 1 is 1.04 bits per heavy atom. The summed E-state index contributed by atoms with van der Waals surface area (Å²) in [5.74, 6) is 1.31. The minimum absolute atomic E-state index is 0. The highest BCUT2D eigenvalue weighted by molar-refractivity contribution is 6.07. The lowest BCUT2D eigenvalue weighted by atomic mass is 9.99. The number of benzene rings is 2. The summed E-state index contributed by atoms with van der Waals surface area (Å²) in [6, 6.07) is 11.2. The van der Waals surface area contributed by atoms with Crippen LogP contribution in [0.1, 0.15) is 28.8 Å². The molecule has 2 aromatic rings. The van der Waals surface area contributed by atoms with E-state index in [-0.39, 0.29) is 18.3 Å². The summed E-state index contributed by atoms with van der Waals surface area (Å²) in [5, 5.41) is 0. The van der Waals surface area contributed by atoms with E-state index >= 15 is 0 Å². The van der Waals surface area contributed by atoms with Crippen molar-refractivity contribution < 1.29 is 14.3 Å². The van der Waals surface area contributed by atoms with Gasteiger partial charge in [-0.2, -0.15) is 0 Å². The molecule has 0 radical (unpaired) electrons. The average molecular weight is 361 g/mol. The van der Waals surface area contributed by atoms with Crippen molar-refractivity contribution in [1.29, 1.82) is 0 Å². The third kappa shape index (κ3) is 3.24. The van der Waals surface area contributed by atoms with Crippen LogP contribution in [0.3, 0.4) is 0 Å². The van der Waals surface area contributed by atoms with Gasteiger partial charge in [0.1, 0.15) is 0 Å². The maximum atomic E-state index is 13.0. The number of hydrogen-bond acceptors (Lipinski definition) is 4. The van der Waals surface area contributed by atoms with Gasteiger partial charge >= 0.3 is 0 Å². The molecule has 4 rings (SSSR count). The van der Waals surface area contributed by atoms with Gasteiger partial charge in [0.2, 0.25) is 0 Å². The maximum absolute atomic E-state index is 13.0. The van der Waals surface area contributed by atoms with Gasteiger partial charge < -0.3 is 20.1 Å². The van der Waals surface area contributed by atoms with E-state index in [1.807, 2.05) is 29.2 Å². The van der Waals surface area contributed by atoms with Gasteiger partial charge in [0.25, 0.3) is 5.91 Å². The largest absolute Gasteiger partial charge is 0.490 e. The highest BCUT2D eigenvalue weighted by atomic mass is 35.5. The monoisotopic (exact) mass is 360 g/mol. The molecule has 2 N–H and O–H groups in total. The molecule has 2 aliphatic rings. The van der Waals surface area contributed by atoms with Crippen LogP contribution in [-0.2, 0) is 6.42 Å². The normalized spacial score (nSPS) is 15.6. The summed E-state index contributed by atoms with van der Waals surface area (Å²) in [6.45, 7) is 1.94. The number of anilines is 2. The van der Waals surface area contributed by atoms with E-state index in [0.717, 1.165) is 36.2 Å². The van der Waals surface area contributed by atoms with Crippen LogP contribution in [0.4, 0.5) is 11.4 Å². The topological polar surface area (TPSA) is 64.8 Å². The number of ether oxygens (including phenoxy) is 2. The molecule has 2 aliphatic heterocycles. The van der Waals surface area contributed by atoms with Crippen LogP contribution in [0.2, 0.25) is 0 Å². The highest BCUT2D eigenvalue weighted by Gasteiger charge is 2.25. The SMILES string of the molecule is Cl.Nc1cccc2c1CCCN2C(=O)c1ccc2c(c1)OCCCO2. The van der Waals surface area contributed by atoms with Crippen LogP contribution in [0.5, 0.6) is 11.5 Å². The number of hydrogen-bond donors (Lipinski definition) is 1. The fraction of sp³-hybridized carbons (Fsp3) is 0.316. The van der Waals surface area contributed by atoms with Crippen molar-refractivity contribution in [1.82, 2.24) is 0 Å². The molecule has 0 saturated heterocycles. The van der Waals surface area contributed by atoms with Crippen LogP contribution >= 0.6 is 12.4 Å². The summed E-state index contributed by atoms with van der Waals surface area (Å²) in [7, 11) is 0. The van der Waals surface area contributed by atoms with Crippen molar-refractivity contribution in [3.63, 3.8) is 0 Å². The molecule has 2 aromatic carbocycles. The first-order valence-electron chi connectivity index (χ1n) is 8.33. The smallest absolute Gasteiger partial charge is 0.258 e. The predicted molar refractivity (Wildman–Crippen MR) is 100 cm³/mol. The molecule has 1 amide bonds. The number of nitrogens with two attached hydrogens (primary N) is 1. The molecular formula is C19H21ClN2O3. The zero-order valence-corrected chi connectivity index (χ0v) is 14.7. The van der Waals surface area contributed by atoms with E-state index in [9.17, 15) is 4.79 Å². The second-order valence-electron chi connectivity index (χ2n) is 6.12. The lowest BCUT2D eigenvalue weighted by Crippen LogP contribution is -2.35. The van der Waals surface area contributed by atoms with Crippen LogP contribution in [-0.4, -0.2) is 25.7 Å². The summed E-state index contributed by atoms with van der Waals surface area (Å²) < 4.78 is 11.3. The van der Waals surface area contributed by atoms with Gasteiger partial charge in [-0.05, 0) is 48.7 Å². The predicted octanol–water partition coefficient (Wildman–Crippen LogP) is 3.44. The van der Waals surface area contributed by atoms with Crippen molar-refractivity contribution in [3.05, 3.63) is 47.5 Å². The Morgan fingerprint density at radius 3 is 2.68 bits per heavy atom. The number of rotatable bonds is 1. The van der Waals surface area contributed by atoms with Gasteiger partial charge in [0.15, 0.2) is 11.5 Å². The molecule has 0 bridgehead atoms. The molecule has 0 spiro atoms. The lowest BCUT2D eigenvalue weighted by molar-refractivity contribution is 0.0984. The number of nitrogens with zero attached hydrogens (tertiary/aromatic N) is 1. The second-order valence-corrected chi connectivity index (χ2v) is 6.12. The number of carbonyl (C=O) groups excluding carboxylic acids is 1. The van der Waals surface area contributed by atoms with Gasteiger partial charge in [-0.3, -0.25) is 4.79 Å². The van der Waals surface area contributed by atoms with Crippen LogP contribution in [0.25, 0.3) is 0 Å². The fourth-order valence-corrected chi connectivity index (χ4v) is 3.31. The van der Waals surface area contributed by atoms with Crippen molar-refractivity contribution in [2.75, 3.05) is 30.4 Å². The third-order valence-electron chi connectivity index (χ3n) is 4.53. The number of nitrogen functional groups attached to an aromatic ring is 1. The average Bonchev–Trinajstić information content (AvgIpc) is 2.86. The van der Waals surface area contributed by atoms with Gasteiger partial charge in [-0.25, -0.2) is 0 Å². The molecular weight excluding hydrogens is 340 g/mol. The summed E-state index contributed by atoms with van der Waals surface area (Å²) in [4.78, 5) is 14.8. The van der Waals surface area contributed by atoms with Gasteiger partial charge in [-0.1, -0.05) is 6.07 Å². The molecule has 132 valence electrons. The molecule has 25 heavy (non-hydrogen) atoms. The van der Waals surface area contributed by atoms with Gasteiger partial charge in [0.05, 0.1) is 13.2 Å². The van der Waals surface area contributed by atoms with Crippen molar-refractivity contribution in [2.45, 2.75) is 19.3 Å². The third-order valence-corrected chi connectivity index (χ3v) is 4.53. The van der Waals surface area contributed by atoms with E-state index in [4.69, 9.17) is 15.2 Å². The molecule has 0 fully saturated rings. The molecule has 0 saturated carbocycles. The standard InChI is InChI=1S/C19H20N2O3.ClH/c20-15-5-1-6-16-14(15)4-2-9-21(16)19(22)13-7-8-17-18(12-13)24-11-3-10-23-17;/h1,5-8,12H,2-4,9-11,20H2;1H. The van der Waals surface area contributed by atoms with E-state index < -0.39 is 0 Å². The Labute approximate surface area is 153 Å². The summed E-state index contributed by atoms with van der Waals surface area (Å²) >= 11 is 0. The van der Waals surface area contributed by atoms with Gasteiger partial charge in [-0.15, -0.1) is 12.4 Å². The molecule has 0 unspecified atom stereocenters. The molecule has 0 aromatic heterocycles. The zero-order valence-electron chi connectivity index (χ0n) is 13.9. The first-order valence-corrected chi connectivity index (χ1v) is 8.33. The Kier molecular flexibility index (Phi) is 5.04. The summed E-state index contributed by atoms with van der Waals surface area (Å²) in [5.41, 5.74) is 9.41. The molecule has 0 aliphatic carbocycles. The van der Waals surface area contributed by atoms with Crippen LogP contribution in [0.15, 0.2) is 36.4 Å². The number of amides is 1. The maximum Gasteiger partial charge on any atom is 0.258 e. The van der Waals surface area contributed by atoms with Crippen molar-refractivity contribution in [3.8, 4) is 11.5 Å².